The standard InChI is InChI=1S/C21H20O6/c1-26-20-11-14(5-9-18(20)24)3-7-16(22)13-17(23)8-4-15-6-10-19(25)21(12-15)27-2/h3-7,9-13,22,24H,8H2,1-2H3/b7-3+,15-4+,16-13?. The zero-order valence-electron chi connectivity index (χ0n) is 15.0. The van der Waals surface area contributed by atoms with Crippen molar-refractivity contribution in [1.82, 2.24) is 0 Å². The van der Waals surface area contributed by atoms with Gasteiger partial charge in [0.2, 0.25) is 5.78 Å². The Bertz CT molecular complexity index is 884. The highest BCUT2D eigenvalue weighted by atomic mass is 16.5. The molecular weight excluding hydrogens is 348 g/mol. The molecule has 0 aliphatic heterocycles. The molecule has 0 aromatic heterocycles. The molecule has 2 N–H and O–H groups in total. The van der Waals surface area contributed by atoms with E-state index in [4.69, 9.17) is 9.47 Å². The first kappa shape index (κ1) is 19.8. The highest BCUT2D eigenvalue weighted by Crippen LogP contribution is 2.26. The summed E-state index contributed by atoms with van der Waals surface area (Å²) in [5.74, 6) is -0.192. The van der Waals surface area contributed by atoms with Crippen LogP contribution in [0.3, 0.4) is 0 Å². The number of ketones is 2. The van der Waals surface area contributed by atoms with Crippen molar-refractivity contribution >= 4 is 17.6 Å². The molecule has 140 valence electrons. The zero-order chi connectivity index (χ0) is 19.8. The van der Waals surface area contributed by atoms with Gasteiger partial charge in [-0.25, -0.2) is 0 Å². The summed E-state index contributed by atoms with van der Waals surface area (Å²) in [6, 6.07) is 4.72. The lowest BCUT2D eigenvalue weighted by molar-refractivity contribution is -0.114. The smallest absolute Gasteiger partial charge is 0.220 e. The van der Waals surface area contributed by atoms with Gasteiger partial charge in [0.15, 0.2) is 23.0 Å². The van der Waals surface area contributed by atoms with E-state index in [2.05, 4.69) is 0 Å². The van der Waals surface area contributed by atoms with Crippen molar-refractivity contribution in [2.75, 3.05) is 14.2 Å². The van der Waals surface area contributed by atoms with Crippen molar-refractivity contribution in [3.05, 3.63) is 77.3 Å². The van der Waals surface area contributed by atoms with Crippen LogP contribution in [-0.2, 0) is 14.3 Å². The summed E-state index contributed by atoms with van der Waals surface area (Å²) in [4.78, 5) is 23.4. The number of phenolic OH excluding ortho intramolecular Hbond substituents is 1. The molecule has 0 atom stereocenters. The van der Waals surface area contributed by atoms with Gasteiger partial charge in [-0.1, -0.05) is 24.3 Å². The third-order valence-corrected chi connectivity index (χ3v) is 3.69. The number of carbonyl (C=O) groups is 2. The largest absolute Gasteiger partial charge is 0.508 e. The van der Waals surface area contributed by atoms with E-state index in [1.54, 1.807) is 36.4 Å². The van der Waals surface area contributed by atoms with Crippen LogP contribution < -0.4 is 4.74 Å². The summed E-state index contributed by atoms with van der Waals surface area (Å²) in [5, 5.41) is 19.4. The maximum atomic E-state index is 12.0. The predicted octanol–water partition coefficient (Wildman–Crippen LogP) is 3.41. The fourth-order valence-corrected chi connectivity index (χ4v) is 2.28. The zero-order valence-corrected chi connectivity index (χ0v) is 15.0. The van der Waals surface area contributed by atoms with Crippen molar-refractivity contribution in [2.45, 2.75) is 6.42 Å². The molecular formula is C21H20O6. The van der Waals surface area contributed by atoms with Crippen LogP contribution in [0.2, 0.25) is 0 Å². The summed E-state index contributed by atoms with van der Waals surface area (Å²) in [6.45, 7) is 0. The number of ether oxygens (including phenoxy) is 2. The van der Waals surface area contributed by atoms with Gasteiger partial charge in [0, 0.05) is 12.5 Å². The fourth-order valence-electron chi connectivity index (χ4n) is 2.28. The third kappa shape index (κ3) is 5.74. The summed E-state index contributed by atoms with van der Waals surface area (Å²) >= 11 is 0. The fraction of sp³-hybridized carbons (Fsp3) is 0.143. The van der Waals surface area contributed by atoms with Crippen molar-refractivity contribution in [3.8, 4) is 11.5 Å². The quantitative estimate of drug-likeness (QED) is 0.435. The minimum Gasteiger partial charge on any atom is -0.508 e. The van der Waals surface area contributed by atoms with Crippen LogP contribution in [0.5, 0.6) is 11.5 Å². The number of allylic oxidation sites excluding steroid dienone is 7. The molecule has 6 heteroatoms. The van der Waals surface area contributed by atoms with Gasteiger partial charge in [-0.15, -0.1) is 0 Å². The molecule has 27 heavy (non-hydrogen) atoms. The van der Waals surface area contributed by atoms with Gasteiger partial charge < -0.3 is 19.7 Å². The number of hydrogen-bond donors (Lipinski definition) is 2. The number of rotatable bonds is 7. The Morgan fingerprint density at radius 3 is 2.67 bits per heavy atom. The molecule has 1 aromatic rings. The Morgan fingerprint density at radius 2 is 1.96 bits per heavy atom. The Hall–Kier alpha value is -3.54. The highest BCUT2D eigenvalue weighted by Gasteiger charge is 2.11. The maximum Gasteiger partial charge on any atom is 0.220 e. The van der Waals surface area contributed by atoms with Crippen molar-refractivity contribution in [1.29, 1.82) is 0 Å². The van der Waals surface area contributed by atoms with E-state index in [1.807, 2.05) is 0 Å². The number of aromatic hydroxyl groups is 1. The van der Waals surface area contributed by atoms with Gasteiger partial charge in [-0.05, 0) is 41.5 Å². The molecule has 2 rings (SSSR count). The van der Waals surface area contributed by atoms with E-state index < -0.39 is 0 Å². The van der Waals surface area contributed by atoms with Gasteiger partial charge >= 0.3 is 0 Å². The number of aliphatic hydroxyl groups is 1. The number of aliphatic hydroxyl groups excluding tert-OH is 1. The van der Waals surface area contributed by atoms with Crippen molar-refractivity contribution < 1.29 is 29.3 Å². The second-order valence-corrected chi connectivity index (χ2v) is 5.62. The van der Waals surface area contributed by atoms with Gasteiger partial charge in [0.05, 0.1) is 14.2 Å². The average Bonchev–Trinajstić information content (AvgIpc) is 2.66. The lowest BCUT2D eigenvalue weighted by Gasteiger charge is -2.07. The molecule has 6 nitrogen and oxygen atoms in total. The highest BCUT2D eigenvalue weighted by molar-refractivity contribution is 6.04. The number of hydrogen-bond acceptors (Lipinski definition) is 6. The van der Waals surface area contributed by atoms with Gasteiger partial charge in [-0.2, -0.15) is 0 Å². The molecule has 0 amide bonds. The Labute approximate surface area is 157 Å². The lowest BCUT2D eigenvalue weighted by atomic mass is 10.1. The number of benzene rings is 1. The summed E-state index contributed by atoms with van der Waals surface area (Å²) in [7, 11) is 2.84. The minimum atomic E-state index is -0.300. The molecule has 0 fully saturated rings. The monoisotopic (exact) mass is 368 g/mol. The van der Waals surface area contributed by atoms with Crippen molar-refractivity contribution in [3.63, 3.8) is 0 Å². The second-order valence-electron chi connectivity index (χ2n) is 5.62. The van der Waals surface area contributed by atoms with Crippen LogP contribution in [-0.4, -0.2) is 36.0 Å². The van der Waals surface area contributed by atoms with Gasteiger partial charge in [-0.3, -0.25) is 9.59 Å². The first-order chi connectivity index (χ1) is 12.9. The number of phenols is 1. The van der Waals surface area contributed by atoms with Crippen LogP contribution in [0.1, 0.15) is 12.0 Å². The lowest BCUT2D eigenvalue weighted by Crippen LogP contribution is -2.05. The molecule has 0 saturated carbocycles. The van der Waals surface area contributed by atoms with Crippen LogP contribution in [0.25, 0.3) is 6.08 Å². The van der Waals surface area contributed by atoms with E-state index in [9.17, 15) is 19.8 Å². The normalized spacial score (nSPS) is 15.9. The Balaban J connectivity index is 2.00. The van der Waals surface area contributed by atoms with E-state index in [1.165, 1.54) is 32.4 Å². The van der Waals surface area contributed by atoms with Gasteiger partial charge in [0.1, 0.15) is 5.76 Å². The first-order valence-corrected chi connectivity index (χ1v) is 8.09. The molecule has 0 bridgehead atoms. The van der Waals surface area contributed by atoms with E-state index in [0.717, 1.165) is 6.08 Å². The molecule has 1 aliphatic rings. The third-order valence-electron chi connectivity index (χ3n) is 3.69. The summed E-state index contributed by atoms with van der Waals surface area (Å²) in [5.41, 5.74) is 1.37. The van der Waals surface area contributed by atoms with Crippen LogP contribution >= 0.6 is 0 Å². The minimum absolute atomic E-state index is 0.0155. The maximum absolute atomic E-state index is 12.0. The van der Waals surface area contributed by atoms with E-state index in [0.29, 0.717) is 16.9 Å². The van der Waals surface area contributed by atoms with Crippen LogP contribution in [0, 0.1) is 0 Å². The molecule has 0 unspecified atom stereocenters. The Kier molecular flexibility index (Phi) is 6.77. The molecule has 0 heterocycles. The molecule has 0 radical (unpaired) electrons. The SMILES string of the molecule is COC1=C/C(=C/CC(=O)C=C(O)/C=C/c2ccc(O)c(OC)c2)C=CC1=O. The van der Waals surface area contributed by atoms with Crippen molar-refractivity contribution in [2.24, 2.45) is 0 Å². The number of carbonyl (C=O) groups excluding carboxylic acids is 2. The predicted molar refractivity (Wildman–Crippen MR) is 101 cm³/mol. The molecule has 0 spiro atoms. The first-order valence-electron chi connectivity index (χ1n) is 8.09. The Morgan fingerprint density at radius 1 is 1.19 bits per heavy atom. The van der Waals surface area contributed by atoms with Crippen LogP contribution in [0.4, 0.5) is 0 Å². The summed E-state index contributed by atoms with van der Waals surface area (Å²) < 4.78 is 9.96. The van der Waals surface area contributed by atoms with Crippen LogP contribution in [0.15, 0.2) is 71.7 Å². The number of methoxy groups -OCH3 is 2. The van der Waals surface area contributed by atoms with E-state index >= 15 is 0 Å². The van der Waals surface area contributed by atoms with E-state index in [-0.39, 0.29) is 35.3 Å². The summed E-state index contributed by atoms with van der Waals surface area (Å²) in [6.07, 6.45) is 10.3. The second kappa shape index (κ2) is 9.24. The molecule has 0 saturated heterocycles. The topological polar surface area (TPSA) is 93.1 Å². The molecule has 1 aromatic carbocycles. The van der Waals surface area contributed by atoms with Gasteiger partial charge in [0.25, 0.3) is 0 Å². The molecule has 1 aliphatic carbocycles. The average molecular weight is 368 g/mol.